The van der Waals surface area contributed by atoms with Gasteiger partial charge in [0.05, 0.1) is 19.8 Å². The van der Waals surface area contributed by atoms with Gasteiger partial charge >= 0.3 is 0 Å². The van der Waals surface area contributed by atoms with Crippen LogP contribution < -0.4 is 5.48 Å². The summed E-state index contributed by atoms with van der Waals surface area (Å²) < 4.78 is 10.9. The van der Waals surface area contributed by atoms with Crippen LogP contribution in [0.3, 0.4) is 0 Å². The fourth-order valence-electron chi connectivity index (χ4n) is 1.56. The molecule has 0 aromatic heterocycles. The lowest BCUT2D eigenvalue weighted by Crippen LogP contribution is -2.57. The molecule has 1 fully saturated rings. The van der Waals surface area contributed by atoms with Crippen LogP contribution in [0.15, 0.2) is 24.3 Å². The Kier molecular flexibility index (Phi) is 3.98. The summed E-state index contributed by atoms with van der Waals surface area (Å²) in [5, 5.41) is 18.7. The number of hydroxylamine groups is 1. The number of nitrogens with one attached hydrogen (secondary N) is 1. The summed E-state index contributed by atoms with van der Waals surface area (Å²) in [4.78, 5) is 0. The van der Waals surface area contributed by atoms with Gasteiger partial charge < -0.3 is 19.8 Å². The minimum atomic E-state index is -0.942. The van der Waals surface area contributed by atoms with Crippen molar-refractivity contribution in [3.63, 3.8) is 0 Å². The molecule has 0 spiro atoms. The fraction of sp³-hybridized carbons (Fsp3) is 0.455. The molecule has 0 aliphatic carbocycles. The number of benzene rings is 1. The molecule has 3 N–H and O–H groups in total. The lowest BCUT2D eigenvalue weighted by Gasteiger charge is -2.37. The second kappa shape index (κ2) is 5.30. The number of rotatable bonds is 3. The van der Waals surface area contributed by atoms with Crippen molar-refractivity contribution < 1.29 is 19.8 Å². The molecule has 1 aliphatic heterocycles. The summed E-state index contributed by atoms with van der Waals surface area (Å²) in [6, 6.07) is 7.13. The van der Waals surface area contributed by atoms with Crippen molar-refractivity contribution in [3.05, 3.63) is 34.9 Å². The molecule has 6 heteroatoms. The lowest BCUT2D eigenvalue weighted by molar-refractivity contribution is -0.238. The first-order chi connectivity index (χ1) is 8.19. The Balaban J connectivity index is 2.01. The molecular formula is C11H14ClNO4. The van der Waals surface area contributed by atoms with Crippen LogP contribution in [0.2, 0.25) is 5.02 Å². The van der Waals surface area contributed by atoms with Crippen LogP contribution in [0, 0.1) is 0 Å². The predicted molar refractivity (Wildman–Crippen MR) is 60.8 cm³/mol. The van der Waals surface area contributed by atoms with Gasteiger partial charge in [0, 0.05) is 10.6 Å². The quantitative estimate of drug-likeness (QED) is 0.709. The second-order valence-electron chi connectivity index (χ2n) is 4.06. The second-order valence-corrected chi connectivity index (χ2v) is 4.49. The van der Waals surface area contributed by atoms with E-state index in [1.807, 2.05) is 17.6 Å². The van der Waals surface area contributed by atoms with E-state index in [4.69, 9.17) is 31.4 Å². The molecule has 17 heavy (non-hydrogen) atoms. The highest BCUT2D eigenvalue weighted by atomic mass is 35.5. The molecule has 0 unspecified atom stereocenters. The molecule has 1 aromatic carbocycles. The molecule has 1 saturated heterocycles. The Hall–Kier alpha value is -0.690. The number of ether oxygens (including phenoxy) is 2. The largest absolute Gasteiger partial charge is 0.394 e. The van der Waals surface area contributed by atoms with Crippen LogP contribution in [-0.2, 0) is 9.47 Å². The SMILES string of the molecule is OCC1(NO)COC(c2ccc(Cl)cc2)OC1. The highest BCUT2D eigenvalue weighted by Crippen LogP contribution is 2.27. The van der Waals surface area contributed by atoms with Gasteiger partial charge in [-0.2, -0.15) is 5.48 Å². The Bertz CT molecular complexity index is 356. The maximum atomic E-state index is 9.13. The molecule has 0 saturated carbocycles. The molecular weight excluding hydrogens is 246 g/mol. The third kappa shape index (κ3) is 2.77. The number of halogens is 1. The number of hydrogen-bond acceptors (Lipinski definition) is 5. The first kappa shape index (κ1) is 12.8. The normalized spacial score (nSPS) is 29.2. The first-order valence-electron chi connectivity index (χ1n) is 5.20. The molecule has 94 valence electrons. The fourth-order valence-corrected chi connectivity index (χ4v) is 1.69. The van der Waals surface area contributed by atoms with Crippen LogP contribution in [0.5, 0.6) is 0 Å². The molecule has 1 aromatic rings. The van der Waals surface area contributed by atoms with Crippen LogP contribution in [0.4, 0.5) is 0 Å². The zero-order valence-corrected chi connectivity index (χ0v) is 9.85. The monoisotopic (exact) mass is 259 g/mol. The van der Waals surface area contributed by atoms with Gasteiger partial charge in [-0.25, -0.2) is 0 Å². The molecule has 0 amide bonds. The van der Waals surface area contributed by atoms with Gasteiger partial charge in [-0.05, 0) is 12.1 Å². The average molecular weight is 260 g/mol. The molecule has 0 radical (unpaired) electrons. The van der Waals surface area contributed by atoms with E-state index < -0.39 is 11.8 Å². The third-order valence-electron chi connectivity index (χ3n) is 2.70. The zero-order valence-electron chi connectivity index (χ0n) is 9.10. The smallest absolute Gasteiger partial charge is 0.183 e. The van der Waals surface area contributed by atoms with E-state index in [2.05, 4.69) is 0 Å². The Morgan fingerprint density at radius 3 is 2.35 bits per heavy atom. The van der Waals surface area contributed by atoms with Crippen molar-refractivity contribution in [1.82, 2.24) is 5.48 Å². The lowest BCUT2D eigenvalue weighted by atomic mass is 10.0. The van der Waals surface area contributed by atoms with Gasteiger partial charge in [-0.15, -0.1) is 0 Å². The van der Waals surface area contributed by atoms with E-state index in [9.17, 15) is 0 Å². The standard InChI is InChI=1S/C11H14ClNO4/c12-9-3-1-8(2-4-9)10-16-6-11(5-14,13-15)7-17-10/h1-4,10,13-15H,5-7H2. The average Bonchev–Trinajstić information content (AvgIpc) is 2.40. The molecule has 0 atom stereocenters. The zero-order chi connectivity index (χ0) is 12.3. The summed E-state index contributed by atoms with van der Waals surface area (Å²) in [5.41, 5.74) is 1.93. The summed E-state index contributed by atoms with van der Waals surface area (Å²) in [5.74, 6) is 0. The van der Waals surface area contributed by atoms with Crippen LogP contribution in [0.1, 0.15) is 11.9 Å². The highest BCUT2D eigenvalue weighted by molar-refractivity contribution is 6.30. The molecule has 2 rings (SSSR count). The van der Waals surface area contributed by atoms with E-state index in [1.54, 1.807) is 12.1 Å². The van der Waals surface area contributed by atoms with Gasteiger partial charge in [0.2, 0.25) is 0 Å². The molecule has 5 nitrogen and oxygen atoms in total. The van der Waals surface area contributed by atoms with Crippen LogP contribution in [0.25, 0.3) is 0 Å². The van der Waals surface area contributed by atoms with Crippen LogP contribution in [-0.4, -0.2) is 35.7 Å². The maximum absolute atomic E-state index is 9.13. The summed E-state index contributed by atoms with van der Waals surface area (Å²) in [7, 11) is 0. The van der Waals surface area contributed by atoms with Gasteiger partial charge in [0.25, 0.3) is 0 Å². The van der Waals surface area contributed by atoms with Gasteiger partial charge in [-0.1, -0.05) is 23.7 Å². The summed E-state index contributed by atoms with van der Waals surface area (Å²) in [6.07, 6.45) is -0.500. The Morgan fingerprint density at radius 2 is 1.88 bits per heavy atom. The molecule has 1 aliphatic rings. The first-order valence-corrected chi connectivity index (χ1v) is 5.58. The molecule has 0 bridgehead atoms. The minimum Gasteiger partial charge on any atom is -0.394 e. The minimum absolute atomic E-state index is 0.160. The van der Waals surface area contributed by atoms with Gasteiger partial charge in [-0.3, -0.25) is 0 Å². The van der Waals surface area contributed by atoms with Gasteiger partial charge in [0.15, 0.2) is 6.29 Å². The summed E-state index contributed by atoms with van der Waals surface area (Å²) >= 11 is 5.78. The highest BCUT2D eigenvalue weighted by Gasteiger charge is 2.36. The van der Waals surface area contributed by atoms with Crippen molar-refractivity contribution in [3.8, 4) is 0 Å². The maximum Gasteiger partial charge on any atom is 0.183 e. The van der Waals surface area contributed by atoms with E-state index in [1.165, 1.54) is 0 Å². The van der Waals surface area contributed by atoms with Crippen molar-refractivity contribution in [2.75, 3.05) is 19.8 Å². The number of hydrogen-bond donors (Lipinski definition) is 3. The van der Waals surface area contributed by atoms with Gasteiger partial charge in [0.1, 0.15) is 5.54 Å². The summed E-state index contributed by atoms with van der Waals surface area (Å²) in [6.45, 7) is 0.0530. The van der Waals surface area contributed by atoms with E-state index in [0.717, 1.165) is 5.56 Å². The molecule has 1 heterocycles. The van der Waals surface area contributed by atoms with Crippen molar-refractivity contribution in [2.24, 2.45) is 0 Å². The number of aliphatic hydroxyl groups is 1. The predicted octanol–water partition coefficient (Wildman–Crippen LogP) is 1.10. The number of aliphatic hydroxyl groups excluding tert-OH is 1. The van der Waals surface area contributed by atoms with Crippen molar-refractivity contribution in [1.29, 1.82) is 0 Å². The van der Waals surface area contributed by atoms with Crippen LogP contribution >= 0.6 is 11.6 Å². The third-order valence-corrected chi connectivity index (χ3v) is 2.96. The van der Waals surface area contributed by atoms with Crippen molar-refractivity contribution >= 4 is 11.6 Å². The topological polar surface area (TPSA) is 71.0 Å². The Labute approximate surface area is 104 Å². The Morgan fingerprint density at radius 1 is 1.29 bits per heavy atom. The van der Waals surface area contributed by atoms with E-state index >= 15 is 0 Å². The van der Waals surface area contributed by atoms with E-state index in [-0.39, 0.29) is 19.8 Å². The van der Waals surface area contributed by atoms with E-state index in [0.29, 0.717) is 5.02 Å². The van der Waals surface area contributed by atoms with Crippen molar-refractivity contribution in [2.45, 2.75) is 11.8 Å².